The first kappa shape index (κ1) is 22.8. The molecule has 7 nitrogen and oxygen atoms in total. The quantitative estimate of drug-likeness (QED) is 0.289. The molecule has 0 aliphatic carbocycles. The number of rotatable bonds is 4. The molecule has 1 unspecified atom stereocenters. The van der Waals surface area contributed by atoms with Crippen molar-refractivity contribution in [2.75, 3.05) is 11.5 Å². The smallest absolute Gasteiger partial charge is 0.350 e. The molecule has 3 heterocycles. The Morgan fingerprint density at radius 2 is 2.06 bits per heavy atom. The number of carbonyl (C=O) groups is 2. The van der Waals surface area contributed by atoms with Crippen molar-refractivity contribution in [3.05, 3.63) is 89.6 Å². The highest BCUT2D eigenvalue weighted by Gasteiger charge is 2.45. The molecule has 10 heteroatoms. The van der Waals surface area contributed by atoms with Crippen molar-refractivity contribution < 1.29 is 18.7 Å². The van der Waals surface area contributed by atoms with Gasteiger partial charge in [-0.25, -0.2) is 9.78 Å². The number of aryl methyl sites for hydroxylation is 1. The Hall–Kier alpha value is -3.01. The van der Waals surface area contributed by atoms with E-state index < -0.39 is 17.9 Å². The van der Waals surface area contributed by atoms with Gasteiger partial charge in [-0.2, -0.15) is 0 Å². The van der Waals surface area contributed by atoms with Crippen LogP contribution < -0.4 is 10.3 Å². The fourth-order valence-corrected chi connectivity index (χ4v) is 5.58. The predicted molar refractivity (Wildman–Crippen MR) is 133 cm³/mol. The number of anilines is 1. The summed E-state index contributed by atoms with van der Waals surface area (Å²) in [7, 11) is 0. The molecule has 34 heavy (non-hydrogen) atoms. The molecule has 0 saturated carbocycles. The number of benzene rings is 2. The lowest BCUT2D eigenvalue weighted by molar-refractivity contribution is 0.0531. The third-order valence-electron chi connectivity index (χ3n) is 5.45. The van der Waals surface area contributed by atoms with E-state index in [-0.39, 0.29) is 39.5 Å². The van der Waals surface area contributed by atoms with Crippen LogP contribution in [-0.4, -0.2) is 23.5 Å². The van der Waals surface area contributed by atoms with E-state index in [0.29, 0.717) is 21.2 Å². The first-order valence-electron chi connectivity index (χ1n) is 10.3. The van der Waals surface area contributed by atoms with E-state index >= 15 is 0 Å². The summed E-state index contributed by atoms with van der Waals surface area (Å²) in [6.45, 7) is 3.61. The second kappa shape index (κ2) is 8.65. The Labute approximate surface area is 211 Å². The van der Waals surface area contributed by atoms with Crippen LogP contribution in [0.2, 0.25) is 5.02 Å². The molecule has 0 fully saturated rings. The number of hydrogen-bond acceptors (Lipinski definition) is 7. The molecule has 0 radical (unpaired) electrons. The summed E-state index contributed by atoms with van der Waals surface area (Å²) < 4.78 is 11.8. The highest BCUT2D eigenvalue weighted by Crippen LogP contribution is 2.43. The summed E-state index contributed by atoms with van der Waals surface area (Å²) in [5.41, 5.74) is 1.23. The molecule has 1 aliphatic rings. The minimum absolute atomic E-state index is 0.0599. The van der Waals surface area contributed by atoms with Crippen molar-refractivity contribution in [1.82, 2.24) is 4.98 Å². The number of nitrogens with zero attached hydrogens (tertiary/aromatic N) is 2. The number of amides is 1. The summed E-state index contributed by atoms with van der Waals surface area (Å²) in [5, 5.41) is 0.932. The fraction of sp³-hybridized carbons (Fsp3) is 0.167. The lowest BCUT2D eigenvalue weighted by atomic mass is 9.99. The monoisotopic (exact) mass is 558 g/mol. The van der Waals surface area contributed by atoms with E-state index in [2.05, 4.69) is 20.9 Å². The summed E-state index contributed by atoms with van der Waals surface area (Å²) >= 11 is 10.6. The van der Waals surface area contributed by atoms with Crippen molar-refractivity contribution >= 4 is 66.8 Å². The van der Waals surface area contributed by atoms with Gasteiger partial charge in [0.1, 0.15) is 10.5 Å². The largest absolute Gasteiger partial charge is 0.462 e. The van der Waals surface area contributed by atoms with Crippen molar-refractivity contribution in [2.24, 2.45) is 0 Å². The summed E-state index contributed by atoms with van der Waals surface area (Å²) in [6.07, 6.45) is 0. The van der Waals surface area contributed by atoms with E-state index in [1.807, 2.05) is 24.3 Å². The van der Waals surface area contributed by atoms with Gasteiger partial charge in [-0.1, -0.05) is 51.0 Å². The van der Waals surface area contributed by atoms with Crippen LogP contribution in [0.15, 0.2) is 56.1 Å². The zero-order chi connectivity index (χ0) is 24.1. The van der Waals surface area contributed by atoms with Crippen molar-refractivity contribution in [3.63, 3.8) is 0 Å². The van der Waals surface area contributed by atoms with Gasteiger partial charge in [0.05, 0.1) is 29.3 Å². The van der Waals surface area contributed by atoms with Crippen LogP contribution in [0.25, 0.3) is 11.0 Å². The van der Waals surface area contributed by atoms with Gasteiger partial charge in [0, 0.05) is 9.50 Å². The van der Waals surface area contributed by atoms with E-state index in [1.54, 1.807) is 26.0 Å². The van der Waals surface area contributed by atoms with Crippen LogP contribution in [0.5, 0.6) is 0 Å². The average Bonchev–Trinajstić information content (AvgIpc) is 3.32. The van der Waals surface area contributed by atoms with Gasteiger partial charge in [0.2, 0.25) is 5.76 Å². The van der Waals surface area contributed by atoms with Gasteiger partial charge < -0.3 is 9.15 Å². The van der Waals surface area contributed by atoms with Crippen LogP contribution in [0, 0.1) is 6.92 Å². The summed E-state index contributed by atoms with van der Waals surface area (Å²) in [6, 6.07) is 11.2. The first-order chi connectivity index (χ1) is 16.3. The van der Waals surface area contributed by atoms with Crippen molar-refractivity contribution in [1.29, 1.82) is 0 Å². The van der Waals surface area contributed by atoms with Crippen LogP contribution in [0.1, 0.15) is 50.0 Å². The Morgan fingerprint density at radius 1 is 1.26 bits per heavy atom. The maximum atomic E-state index is 13.7. The van der Waals surface area contributed by atoms with E-state index in [4.69, 9.17) is 20.8 Å². The third kappa shape index (κ3) is 3.64. The molecule has 1 aliphatic heterocycles. The van der Waals surface area contributed by atoms with Crippen molar-refractivity contribution in [2.45, 2.75) is 19.9 Å². The summed E-state index contributed by atoms with van der Waals surface area (Å²) in [4.78, 5) is 45.9. The molecule has 1 amide bonds. The molecule has 5 rings (SSSR count). The number of esters is 1. The lowest BCUT2D eigenvalue weighted by Crippen LogP contribution is -2.29. The molecule has 2 aromatic carbocycles. The zero-order valence-electron chi connectivity index (χ0n) is 17.9. The SMILES string of the molecule is CCOC(=O)c1sc(N2C(=O)c3oc4ccc(Cl)cc4c(=O)c3C2c2cccc(Br)c2)nc1C. The van der Waals surface area contributed by atoms with Gasteiger partial charge in [0.25, 0.3) is 5.91 Å². The maximum Gasteiger partial charge on any atom is 0.350 e. The first-order valence-corrected chi connectivity index (χ1v) is 12.3. The highest BCUT2D eigenvalue weighted by atomic mass is 79.9. The van der Waals surface area contributed by atoms with Gasteiger partial charge in [0.15, 0.2) is 10.6 Å². The number of fused-ring (bicyclic) bond motifs is 2. The molecule has 172 valence electrons. The number of aromatic nitrogens is 1. The molecule has 0 saturated heterocycles. The molecule has 1 atom stereocenters. The second-order valence-electron chi connectivity index (χ2n) is 7.58. The molecular formula is C24H16BrClN2O5S. The van der Waals surface area contributed by atoms with Crippen molar-refractivity contribution in [3.8, 4) is 0 Å². The minimum Gasteiger partial charge on any atom is -0.462 e. The molecule has 0 N–H and O–H groups in total. The number of thiazole rings is 1. The van der Waals surface area contributed by atoms with Crippen LogP contribution in [0.4, 0.5) is 5.13 Å². The third-order valence-corrected chi connectivity index (χ3v) is 7.31. The number of ether oxygens (including phenoxy) is 1. The summed E-state index contributed by atoms with van der Waals surface area (Å²) in [5.74, 6) is -1.09. The standard InChI is InChI=1S/C24H16BrClN2O5S/c1-3-32-23(31)21-11(2)27-24(34-21)28-18(12-5-4-6-13(25)9-12)17-19(29)15-10-14(26)7-8-16(15)33-20(17)22(28)30/h4-10,18H,3H2,1-2H3. The number of halogens is 2. The van der Waals surface area contributed by atoms with E-state index in [9.17, 15) is 14.4 Å². The Kier molecular flexibility index (Phi) is 5.79. The Morgan fingerprint density at radius 3 is 2.79 bits per heavy atom. The average molecular weight is 560 g/mol. The van der Waals surface area contributed by atoms with E-state index in [0.717, 1.165) is 15.8 Å². The van der Waals surface area contributed by atoms with Crippen LogP contribution >= 0.6 is 38.9 Å². The van der Waals surface area contributed by atoms with Gasteiger partial charge in [-0.15, -0.1) is 0 Å². The molecule has 4 aromatic rings. The highest BCUT2D eigenvalue weighted by molar-refractivity contribution is 9.10. The van der Waals surface area contributed by atoms with Gasteiger partial charge >= 0.3 is 5.97 Å². The van der Waals surface area contributed by atoms with E-state index in [1.165, 1.54) is 11.0 Å². The minimum atomic E-state index is -0.805. The van der Waals surface area contributed by atoms with Gasteiger partial charge in [-0.05, 0) is 49.7 Å². The maximum absolute atomic E-state index is 13.7. The lowest BCUT2D eigenvalue weighted by Gasteiger charge is -2.22. The Bertz CT molecular complexity index is 1550. The fourth-order valence-electron chi connectivity index (χ4n) is 4.01. The predicted octanol–water partition coefficient (Wildman–Crippen LogP) is 5.90. The Balaban J connectivity index is 1.76. The zero-order valence-corrected chi connectivity index (χ0v) is 21.1. The van der Waals surface area contributed by atoms with Crippen LogP contribution in [-0.2, 0) is 4.74 Å². The molecular weight excluding hydrogens is 544 g/mol. The molecule has 0 bridgehead atoms. The van der Waals surface area contributed by atoms with Gasteiger partial charge in [-0.3, -0.25) is 14.5 Å². The normalized spacial score (nSPS) is 15.1. The molecule has 2 aromatic heterocycles. The second-order valence-corrected chi connectivity index (χ2v) is 9.91. The van der Waals surface area contributed by atoms with Crippen LogP contribution in [0.3, 0.4) is 0 Å². The topological polar surface area (TPSA) is 89.7 Å². The molecule has 0 spiro atoms. The number of hydrogen-bond donors (Lipinski definition) is 0. The number of carbonyl (C=O) groups excluding carboxylic acids is 2.